The molecule has 0 spiro atoms. The summed E-state index contributed by atoms with van der Waals surface area (Å²) in [7, 11) is 0. The Labute approximate surface area is 115 Å². The van der Waals surface area contributed by atoms with Gasteiger partial charge in [-0.3, -0.25) is 4.79 Å². The Kier molecular flexibility index (Phi) is 3.31. The normalized spacial score (nSPS) is 13.9. The molecule has 0 saturated carbocycles. The third-order valence-corrected chi connectivity index (χ3v) is 4.20. The highest BCUT2D eigenvalue weighted by Crippen LogP contribution is 2.30. The molecule has 0 atom stereocenters. The topological polar surface area (TPSA) is 54.0 Å². The Bertz CT molecular complexity index is 580. The van der Waals surface area contributed by atoms with Crippen molar-refractivity contribution < 1.29 is 4.79 Å². The van der Waals surface area contributed by atoms with Gasteiger partial charge in [-0.25, -0.2) is 4.98 Å². The van der Waals surface area contributed by atoms with Gasteiger partial charge < -0.3 is 10.6 Å². The number of benzene rings is 1. The van der Waals surface area contributed by atoms with E-state index in [-0.39, 0.29) is 5.91 Å². The van der Waals surface area contributed by atoms with E-state index in [1.807, 2.05) is 24.3 Å². The van der Waals surface area contributed by atoms with Crippen LogP contribution in [0.4, 0.5) is 5.69 Å². The summed E-state index contributed by atoms with van der Waals surface area (Å²) >= 11 is 1.75. The Morgan fingerprint density at radius 2 is 2.16 bits per heavy atom. The van der Waals surface area contributed by atoms with E-state index in [0.29, 0.717) is 0 Å². The van der Waals surface area contributed by atoms with Crippen LogP contribution in [-0.4, -0.2) is 17.4 Å². The van der Waals surface area contributed by atoms with Gasteiger partial charge in [0, 0.05) is 42.6 Å². The lowest BCUT2D eigenvalue weighted by Crippen LogP contribution is -2.22. The van der Waals surface area contributed by atoms with Crippen LogP contribution in [0.2, 0.25) is 0 Å². The maximum Gasteiger partial charge on any atom is 0.221 e. The number of nitrogens with zero attached hydrogens (tertiary/aromatic N) is 1. The van der Waals surface area contributed by atoms with Crippen LogP contribution in [-0.2, 0) is 17.8 Å². The molecule has 19 heavy (non-hydrogen) atoms. The van der Waals surface area contributed by atoms with E-state index < -0.39 is 0 Å². The molecule has 1 aromatic carbocycles. The highest BCUT2D eigenvalue weighted by molar-refractivity contribution is 7.15. The lowest BCUT2D eigenvalue weighted by molar-refractivity contribution is -0.114. The first-order valence-corrected chi connectivity index (χ1v) is 7.11. The second-order valence-corrected chi connectivity index (χ2v) is 5.66. The molecule has 2 N–H and O–H groups in total. The van der Waals surface area contributed by atoms with Gasteiger partial charge in [-0.15, -0.1) is 11.3 Å². The number of nitrogens with one attached hydrogen (secondary N) is 2. The molecule has 0 bridgehead atoms. The fourth-order valence-electron chi connectivity index (χ4n) is 2.15. The average molecular weight is 273 g/mol. The largest absolute Gasteiger partial charge is 0.326 e. The number of rotatable bonds is 2. The van der Waals surface area contributed by atoms with E-state index in [0.717, 1.165) is 35.8 Å². The Balaban J connectivity index is 1.85. The van der Waals surface area contributed by atoms with Crippen LogP contribution in [0.3, 0.4) is 0 Å². The third-order valence-electron chi connectivity index (χ3n) is 3.05. The molecular formula is C14H15N3OS. The van der Waals surface area contributed by atoms with Gasteiger partial charge in [0.15, 0.2) is 0 Å². The molecule has 1 aromatic heterocycles. The van der Waals surface area contributed by atoms with Gasteiger partial charge in [-0.2, -0.15) is 0 Å². The van der Waals surface area contributed by atoms with E-state index >= 15 is 0 Å². The minimum atomic E-state index is -0.0523. The van der Waals surface area contributed by atoms with Crippen LogP contribution < -0.4 is 10.6 Å². The molecule has 2 aromatic rings. The summed E-state index contributed by atoms with van der Waals surface area (Å²) in [5, 5.41) is 7.18. The molecular weight excluding hydrogens is 258 g/mol. The SMILES string of the molecule is CC(=O)Nc1ccc(-c2nc3c(s2)CNCC3)cc1. The standard InChI is InChI=1S/C14H15N3OS/c1-9(18)16-11-4-2-10(3-5-11)14-17-12-6-7-15-8-13(12)19-14/h2-5,15H,6-8H2,1H3,(H,16,18). The molecule has 5 heteroatoms. The quantitative estimate of drug-likeness (QED) is 0.883. The highest BCUT2D eigenvalue weighted by Gasteiger charge is 2.15. The lowest BCUT2D eigenvalue weighted by Gasteiger charge is -2.09. The van der Waals surface area contributed by atoms with Crippen LogP contribution in [0, 0.1) is 0 Å². The van der Waals surface area contributed by atoms with Crippen LogP contribution in [0.25, 0.3) is 10.6 Å². The van der Waals surface area contributed by atoms with Gasteiger partial charge >= 0.3 is 0 Å². The monoisotopic (exact) mass is 273 g/mol. The summed E-state index contributed by atoms with van der Waals surface area (Å²) < 4.78 is 0. The molecule has 0 radical (unpaired) electrons. The molecule has 4 nitrogen and oxygen atoms in total. The second-order valence-electron chi connectivity index (χ2n) is 4.57. The molecule has 2 heterocycles. The Hall–Kier alpha value is -1.72. The molecule has 3 rings (SSSR count). The fourth-order valence-corrected chi connectivity index (χ4v) is 3.23. The zero-order valence-corrected chi connectivity index (χ0v) is 11.5. The van der Waals surface area contributed by atoms with Crippen molar-refractivity contribution in [2.75, 3.05) is 11.9 Å². The van der Waals surface area contributed by atoms with Gasteiger partial charge in [-0.05, 0) is 24.3 Å². The smallest absolute Gasteiger partial charge is 0.221 e. The van der Waals surface area contributed by atoms with E-state index in [4.69, 9.17) is 4.98 Å². The number of carbonyl (C=O) groups excluding carboxylic acids is 1. The van der Waals surface area contributed by atoms with Crippen LogP contribution in [0.1, 0.15) is 17.5 Å². The summed E-state index contributed by atoms with van der Waals surface area (Å²) in [6, 6.07) is 7.83. The van der Waals surface area contributed by atoms with Crippen molar-refractivity contribution in [2.24, 2.45) is 0 Å². The van der Waals surface area contributed by atoms with Crippen LogP contribution >= 0.6 is 11.3 Å². The number of hydrogen-bond acceptors (Lipinski definition) is 4. The summed E-state index contributed by atoms with van der Waals surface area (Å²) in [5.41, 5.74) is 3.15. The van der Waals surface area contributed by atoms with Gasteiger partial charge in [-0.1, -0.05) is 0 Å². The maximum absolute atomic E-state index is 11.0. The molecule has 0 aliphatic carbocycles. The van der Waals surface area contributed by atoms with Crippen molar-refractivity contribution in [2.45, 2.75) is 19.9 Å². The summed E-state index contributed by atoms with van der Waals surface area (Å²) in [5.74, 6) is -0.0523. The number of aromatic nitrogens is 1. The second kappa shape index (κ2) is 5.11. The van der Waals surface area contributed by atoms with Crippen molar-refractivity contribution in [3.05, 3.63) is 34.8 Å². The maximum atomic E-state index is 11.0. The van der Waals surface area contributed by atoms with Gasteiger partial charge in [0.05, 0.1) is 5.69 Å². The van der Waals surface area contributed by atoms with E-state index in [2.05, 4.69) is 10.6 Å². The molecule has 1 aliphatic rings. The van der Waals surface area contributed by atoms with E-state index in [1.54, 1.807) is 11.3 Å². The minimum absolute atomic E-state index is 0.0523. The molecule has 0 fully saturated rings. The molecule has 98 valence electrons. The van der Waals surface area contributed by atoms with Gasteiger partial charge in [0.2, 0.25) is 5.91 Å². The van der Waals surface area contributed by atoms with Crippen molar-refractivity contribution in [3.63, 3.8) is 0 Å². The summed E-state index contributed by atoms with van der Waals surface area (Å²) in [6.45, 7) is 3.45. The molecule has 1 aliphatic heterocycles. The number of amides is 1. The minimum Gasteiger partial charge on any atom is -0.326 e. The molecule has 1 amide bonds. The van der Waals surface area contributed by atoms with Crippen molar-refractivity contribution in [1.29, 1.82) is 0 Å². The van der Waals surface area contributed by atoms with E-state index in [9.17, 15) is 4.79 Å². The Morgan fingerprint density at radius 3 is 2.84 bits per heavy atom. The number of anilines is 1. The highest BCUT2D eigenvalue weighted by atomic mass is 32.1. The van der Waals surface area contributed by atoms with Gasteiger partial charge in [0.1, 0.15) is 5.01 Å². The predicted octanol–water partition coefficient (Wildman–Crippen LogP) is 2.41. The zero-order valence-electron chi connectivity index (χ0n) is 10.7. The number of fused-ring (bicyclic) bond motifs is 1. The molecule has 0 unspecified atom stereocenters. The third kappa shape index (κ3) is 2.67. The first-order chi connectivity index (χ1) is 9.22. The number of carbonyl (C=O) groups is 1. The first-order valence-electron chi connectivity index (χ1n) is 6.30. The number of hydrogen-bond donors (Lipinski definition) is 2. The fraction of sp³-hybridized carbons (Fsp3) is 0.286. The zero-order chi connectivity index (χ0) is 13.2. The number of thiazole rings is 1. The lowest BCUT2D eigenvalue weighted by atomic mass is 10.2. The van der Waals surface area contributed by atoms with Gasteiger partial charge in [0.25, 0.3) is 0 Å². The van der Waals surface area contributed by atoms with Crippen molar-refractivity contribution in [3.8, 4) is 10.6 Å². The predicted molar refractivity (Wildman–Crippen MR) is 77.3 cm³/mol. The van der Waals surface area contributed by atoms with Crippen LogP contribution in [0.15, 0.2) is 24.3 Å². The summed E-state index contributed by atoms with van der Waals surface area (Å²) in [4.78, 5) is 17.0. The van der Waals surface area contributed by atoms with Crippen LogP contribution in [0.5, 0.6) is 0 Å². The molecule has 0 saturated heterocycles. The van der Waals surface area contributed by atoms with Crippen molar-refractivity contribution in [1.82, 2.24) is 10.3 Å². The average Bonchev–Trinajstić information content (AvgIpc) is 2.82. The van der Waals surface area contributed by atoms with E-state index in [1.165, 1.54) is 17.5 Å². The van der Waals surface area contributed by atoms with Crippen molar-refractivity contribution >= 4 is 22.9 Å². The first kappa shape index (κ1) is 12.3. The Morgan fingerprint density at radius 1 is 1.37 bits per heavy atom. The summed E-state index contributed by atoms with van der Waals surface area (Å²) in [6.07, 6.45) is 1.01.